The molecular formula is C31H52O2. The van der Waals surface area contributed by atoms with Crippen LogP contribution in [0.15, 0.2) is 23.8 Å². The molecule has 0 aromatic rings. The van der Waals surface area contributed by atoms with E-state index in [0.29, 0.717) is 29.1 Å². The van der Waals surface area contributed by atoms with Gasteiger partial charge < -0.3 is 10.2 Å². The van der Waals surface area contributed by atoms with Gasteiger partial charge in [0.05, 0.1) is 12.2 Å². The van der Waals surface area contributed by atoms with Crippen molar-refractivity contribution in [2.75, 3.05) is 0 Å². The molecule has 2 nitrogen and oxygen atoms in total. The minimum Gasteiger partial charge on any atom is -0.393 e. The Hall–Kier alpha value is -0.600. The van der Waals surface area contributed by atoms with Crippen LogP contribution in [-0.2, 0) is 0 Å². The van der Waals surface area contributed by atoms with Crippen LogP contribution in [0.2, 0.25) is 0 Å². The lowest BCUT2D eigenvalue weighted by Crippen LogP contribution is -2.55. The van der Waals surface area contributed by atoms with Crippen molar-refractivity contribution < 1.29 is 10.2 Å². The summed E-state index contributed by atoms with van der Waals surface area (Å²) >= 11 is 0. The average Bonchev–Trinajstić information content (AvgIpc) is 3.05. The van der Waals surface area contributed by atoms with Gasteiger partial charge in [-0.25, -0.2) is 0 Å². The summed E-state index contributed by atoms with van der Waals surface area (Å²) in [6.45, 7) is 21.2. The van der Waals surface area contributed by atoms with E-state index < -0.39 is 0 Å². The molecule has 0 heterocycles. The van der Waals surface area contributed by atoms with Gasteiger partial charge in [-0.2, -0.15) is 0 Å². The minimum absolute atomic E-state index is 0.190. The molecule has 0 bridgehead atoms. The van der Waals surface area contributed by atoms with E-state index in [2.05, 4.69) is 61.1 Å². The Morgan fingerprint density at radius 3 is 2.39 bits per heavy atom. The number of fused-ring (bicyclic) bond motifs is 5. The van der Waals surface area contributed by atoms with Gasteiger partial charge in [0.2, 0.25) is 0 Å². The van der Waals surface area contributed by atoms with Crippen LogP contribution in [0.4, 0.5) is 0 Å². The maximum absolute atomic E-state index is 11.4. The lowest BCUT2D eigenvalue weighted by Gasteiger charge is -2.59. The van der Waals surface area contributed by atoms with Gasteiger partial charge in [-0.1, -0.05) is 65.3 Å². The third-order valence-electron chi connectivity index (χ3n) is 11.4. The molecule has 2 heteroatoms. The van der Waals surface area contributed by atoms with Gasteiger partial charge in [0.1, 0.15) is 0 Å². The first kappa shape index (κ1) is 25.5. The standard InChI is InChI=1S/C31H52O2/c1-19(2)23(29(4,5)6)10-9-20(3)24-11-12-25-28-26(14-16-31(24,25)8)30(7)15-13-22(32)17-21(30)18-27(28)33/h18,20,22-28,32-33H,1,9-17H2,2-8H3/t20?,22-,23?,24?,25?,26?,27+,28?,30-,31+/m0/s1. The quantitative estimate of drug-likeness (QED) is 0.419. The Kier molecular flexibility index (Phi) is 6.80. The lowest BCUT2D eigenvalue weighted by molar-refractivity contribution is -0.0972. The van der Waals surface area contributed by atoms with E-state index in [1.165, 1.54) is 49.7 Å². The van der Waals surface area contributed by atoms with E-state index in [-0.39, 0.29) is 23.0 Å². The molecule has 4 aliphatic carbocycles. The van der Waals surface area contributed by atoms with Crippen molar-refractivity contribution in [2.24, 2.45) is 51.8 Å². The molecule has 0 aromatic carbocycles. The van der Waals surface area contributed by atoms with Crippen LogP contribution >= 0.6 is 0 Å². The molecular weight excluding hydrogens is 404 g/mol. The van der Waals surface area contributed by atoms with E-state index in [1.54, 1.807) is 0 Å². The predicted octanol–water partition coefficient (Wildman–Crippen LogP) is 7.55. The second kappa shape index (κ2) is 8.81. The van der Waals surface area contributed by atoms with Gasteiger partial charge in [0.15, 0.2) is 0 Å². The van der Waals surface area contributed by atoms with Crippen molar-refractivity contribution in [1.82, 2.24) is 0 Å². The van der Waals surface area contributed by atoms with E-state index in [0.717, 1.165) is 31.1 Å². The van der Waals surface area contributed by atoms with E-state index in [4.69, 9.17) is 0 Å². The number of allylic oxidation sites excluding steroid dienone is 1. The van der Waals surface area contributed by atoms with Crippen LogP contribution in [-0.4, -0.2) is 22.4 Å². The van der Waals surface area contributed by atoms with Crippen molar-refractivity contribution >= 4 is 0 Å². The second-order valence-corrected chi connectivity index (χ2v) is 14.3. The fourth-order valence-corrected chi connectivity index (χ4v) is 9.65. The number of aliphatic hydroxyl groups is 2. The van der Waals surface area contributed by atoms with E-state index in [9.17, 15) is 10.2 Å². The van der Waals surface area contributed by atoms with Gasteiger partial charge in [0, 0.05) is 0 Å². The van der Waals surface area contributed by atoms with Crippen molar-refractivity contribution in [3.8, 4) is 0 Å². The first-order chi connectivity index (χ1) is 15.3. The zero-order valence-corrected chi connectivity index (χ0v) is 22.7. The Morgan fingerprint density at radius 2 is 1.76 bits per heavy atom. The Bertz CT molecular complexity index is 774. The zero-order valence-electron chi connectivity index (χ0n) is 22.7. The third-order valence-corrected chi connectivity index (χ3v) is 11.4. The fraction of sp³-hybridized carbons (Fsp3) is 0.871. The van der Waals surface area contributed by atoms with Crippen molar-refractivity contribution in [3.05, 3.63) is 23.8 Å². The van der Waals surface area contributed by atoms with Gasteiger partial charge in [-0.15, -0.1) is 0 Å². The van der Waals surface area contributed by atoms with Gasteiger partial charge in [-0.3, -0.25) is 0 Å². The van der Waals surface area contributed by atoms with Gasteiger partial charge in [-0.05, 0) is 116 Å². The molecule has 3 saturated carbocycles. The van der Waals surface area contributed by atoms with Gasteiger partial charge >= 0.3 is 0 Å². The summed E-state index contributed by atoms with van der Waals surface area (Å²) in [5.41, 5.74) is 3.53. The molecule has 0 aliphatic heterocycles. The SMILES string of the molecule is C=C(C)C(CCC(C)C1CCC2C3C(CC[C@]12C)[C@@]1(C)CC[C@H](O)CC1=C[C@H]3O)C(C)(C)C. The molecule has 4 rings (SSSR count). The molecule has 0 aromatic heterocycles. The monoisotopic (exact) mass is 456 g/mol. The first-order valence-corrected chi connectivity index (χ1v) is 14.0. The highest BCUT2D eigenvalue weighted by molar-refractivity contribution is 5.28. The average molecular weight is 457 g/mol. The highest BCUT2D eigenvalue weighted by Crippen LogP contribution is 2.67. The fourth-order valence-electron chi connectivity index (χ4n) is 9.65. The van der Waals surface area contributed by atoms with Crippen LogP contribution in [0.25, 0.3) is 0 Å². The molecule has 10 atom stereocenters. The van der Waals surface area contributed by atoms with Crippen LogP contribution in [0.3, 0.4) is 0 Å². The summed E-state index contributed by atoms with van der Waals surface area (Å²) in [4.78, 5) is 0. The molecule has 6 unspecified atom stereocenters. The lowest BCUT2D eigenvalue weighted by atomic mass is 9.46. The molecule has 4 aliphatic rings. The van der Waals surface area contributed by atoms with Crippen molar-refractivity contribution in [2.45, 2.75) is 118 Å². The highest BCUT2D eigenvalue weighted by atomic mass is 16.3. The smallest absolute Gasteiger partial charge is 0.0757 e. The maximum atomic E-state index is 11.4. The third kappa shape index (κ3) is 4.31. The number of aliphatic hydroxyl groups excluding tert-OH is 2. The van der Waals surface area contributed by atoms with Crippen LogP contribution in [0.5, 0.6) is 0 Å². The first-order valence-electron chi connectivity index (χ1n) is 14.0. The second-order valence-electron chi connectivity index (χ2n) is 14.3. The number of hydrogen-bond acceptors (Lipinski definition) is 2. The van der Waals surface area contributed by atoms with Crippen molar-refractivity contribution in [3.63, 3.8) is 0 Å². The zero-order chi connectivity index (χ0) is 24.3. The van der Waals surface area contributed by atoms with E-state index >= 15 is 0 Å². The van der Waals surface area contributed by atoms with Crippen molar-refractivity contribution in [1.29, 1.82) is 0 Å². The summed E-state index contributed by atoms with van der Waals surface area (Å²) in [5.74, 6) is 3.72. The maximum Gasteiger partial charge on any atom is 0.0757 e. The minimum atomic E-state index is -0.323. The molecule has 2 N–H and O–H groups in total. The summed E-state index contributed by atoms with van der Waals surface area (Å²) < 4.78 is 0. The van der Waals surface area contributed by atoms with Crippen LogP contribution in [0, 0.1) is 51.8 Å². The topological polar surface area (TPSA) is 40.5 Å². The predicted molar refractivity (Wildman–Crippen MR) is 139 cm³/mol. The number of hydrogen-bond donors (Lipinski definition) is 2. The molecule has 0 amide bonds. The van der Waals surface area contributed by atoms with E-state index in [1.807, 2.05) is 0 Å². The molecule has 3 fully saturated rings. The molecule has 0 radical (unpaired) electrons. The van der Waals surface area contributed by atoms with Crippen LogP contribution in [0.1, 0.15) is 106 Å². The normalized spacial score (nSPS) is 44.8. The molecule has 188 valence electrons. The summed E-state index contributed by atoms with van der Waals surface area (Å²) in [7, 11) is 0. The van der Waals surface area contributed by atoms with Gasteiger partial charge in [0.25, 0.3) is 0 Å². The molecule has 33 heavy (non-hydrogen) atoms. The Morgan fingerprint density at radius 1 is 1.06 bits per heavy atom. The summed E-state index contributed by atoms with van der Waals surface area (Å²) in [5, 5.41) is 21.7. The summed E-state index contributed by atoms with van der Waals surface area (Å²) in [6, 6.07) is 0. The largest absolute Gasteiger partial charge is 0.393 e. The Balaban J connectivity index is 1.51. The van der Waals surface area contributed by atoms with Crippen LogP contribution < -0.4 is 0 Å². The highest BCUT2D eigenvalue weighted by Gasteiger charge is 2.61. The molecule has 0 saturated heterocycles. The number of rotatable bonds is 5. The Labute approximate surface area is 204 Å². The molecule has 0 spiro atoms. The summed E-state index contributed by atoms with van der Waals surface area (Å²) in [6.07, 6.45) is 12.2.